The van der Waals surface area contributed by atoms with Crippen LogP contribution in [0.4, 0.5) is 10.2 Å². The van der Waals surface area contributed by atoms with E-state index in [2.05, 4.69) is 15.2 Å². The number of nitrogens with two attached hydrogens (primary N) is 1. The molecule has 0 radical (unpaired) electrons. The molecule has 6 atom stereocenters. The maximum Gasteiger partial charge on any atom is 0.459 e. The molecular formula is C26H32FN6O9PS. The first-order chi connectivity index (χ1) is 20.7. The number of aromatic nitrogens is 3. The summed E-state index contributed by atoms with van der Waals surface area (Å²) < 4.78 is 77.3. The average Bonchev–Trinajstić information content (AvgIpc) is 3.48. The Bertz CT molecular complexity index is 1700. The Kier molecular flexibility index (Phi) is 9.64. The van der Waals surface area contributed by atoms with Gasteiger partial charge in [-0.15, -0.1) is 0 Å². The maximum absolute atomic E-state index is 16.4. The molecule has 0 spiro atoms. The minimum Gasteiger partial charge on any atom is -0.465 e. The Balaban J connectivity index is 1.65. The first kappa shape index (κ1) is 33.2. The normalized spacial score (nSPS) is 25.6. The van der Waals surface area contributed by atoms with Crippen LogP contribution in [-0.2, 0) is 38.8 Å². The number of halogens is 1. The number of benzene rings is 1. The van der Waals surface area contributed by atoms with Gasteiger partial charge in [0.05, 0.1) is 24.7 Å². The van der Waals surface area contributed by atoms with Crippen molar-refractivity contribution in [2.24, 2.45) is 0 Å². The van der Waals surface area contributed by atoms with Crippen LogP contribution in [0.15, 0.2) is 48.8 Å². The van der Waals surface area contributed by atoms with E-state index >= 15 is 4.39 Å². The molecule has 2 aromatic heterocycles. The molecule has 3 heterocycles. The van der Waals surface area contributed by atoms with Crippen molar-refractivity contribution in [2.45, 2.75) is 49.8 Å². The smallest absolute Gasteiger partial charge is 0.459 e. The Morgan fingerprint density at radius 1 is 1.34 bits per heavy atom. The number of esters is 1. The fourth-order valence-corrected chi connectivity index (χ4v) is 6.90. The molecule has 238 valence electrons. The van der Waals surface area contributed by atoms with E-state index in [1.165, 1.54) is 31.2 Å². The third kappa shape index (κ3) is 6.70. The van der Waals surface area contributed by atoms with E-state index in [0.29, 0.717) is 0 Å². The lowest BCUT2D eigenvalue weighted by Gasteiger charge is -2.30. The highest BCUT2D eigenvalue weighted by Crippen LogP contribution is 2.52. The van der Waals surface area contributed by atoms with Gasteiger partial charge in [0.15, 0.2) is 11.5 Å². The van der Waals surface area contributed by atoms with Crippen molar-refractivity contribution < 1.29 is 45.8 Å². The highest BCUT2D eigenvalue weighted by atomic mass is 32.2. The first-order valence-corrected chi connectivity index (χ1v) is 16.9. The average molecular weight is 655 g/mol. The molecule has 4 N–H and O–H groups in total. The second-order valence-corrected chi connectivity index (χ2v) is 14.1. The highest BCUT2D eigenvalue weighted by Gasteiger charge is 2.67. The Morgan fingerprint density at radius 3 is 2.68 bits per heavy atom. The molecule has 0 amide bonds. The van der Waals surface area contributed by atoms with Crippen LogP contribution in [0.2, 0.25) is 0 Å². The summed E-state index contributed by atoms with van der Waals surface area (Å²) in [6, 6.07) is 10.8. The molecule has 15 nitrogen and oxygen atoms in total. The summed E-state index contributed by atoms with van der Waals surface area (Å²) in [7, 11) is -8.17. The maximum atomic E-state index is 16.4. The van der Waals surface area contributed by atoms with E-state index in [0.717, 1.165) is 24.0 Å². The number of ether oxygens (including phenoxy) is 2. The summed E-state index contributed by atoms with van der Waals surface area (Å²) in [5.74, 6) is -1.30. The van der Waals surface area contributed by atoms with Crippen LogP contribution in [0.1, 0.15) is 26.0 Å². The number of para-hydroxylation sites is 1. The molecule has 1 aliphatic rings. The van der Waals surface area contributed by atoms with Crippen LogP contribution >= 0.6 is 7.75 Å². The number of hydrogen-bond acceptors (Lipinski definition) is 13. The van der Waals surface area contributed by atoms with E-state index < -0.39 is 65.4 Å². The van der Waals surface area contributed by atoms with Crippen molar-refractivity contribution in [2.75, 3.05) is 31.0 Å². The minimum atomic E-state index is -4.62. The van der Waals surface area contributed by atoms with E-state index in [4.69, 9.17) is 24.3 Å². The zero-order valence-corrected chi connectivity index (χ0v) is 25.7. The number of carbonyl (C=O) groups excluding carboxylic acids is 1. The third-order valence-electron chi connectivity index (χ3n) is 6.96. The van der Waals surface area contributed by atoms with E-state index in [9.17, 15) is 28.1 Å². The molecule has 0 saturated carbocycles. The Hall–Kier alpha value is -3.65. The van der Waals surface area contributed by atoms with Crippen molar-refractivity contribution in [3.8, 4) is 11.8 Å². The number of nitriles is 1. The van der Waals surface area contributed by atoms with Gasteiger partial charge in [-0.2, -0.15) is 15.4 Å². The van der Waals surface area contributed by atoms with Gasteiger partial charge in [-0.05, 0) is 44.5 Å². The molecule has 1 saturated heterocycles. The molecule has 4 rings (SSSR count). The van der Waals surface area contributed by atoms with E-state index in [1.54, 1.807) is 24.3 Å². The van der Waals surface area contributed by atoms with Crippen LogP contribution in [0, 0.1) is 11.3 Å². The number of sulfone groups is 1. The molecule has 18 heteroatoms. The van der Waals surface area contributed by atoms with Gasteiger partial charge in [0.1, 0.15) is 51.7 Å². The topological polar surface area (TPSA) is 217 Å². The summed E-state index contributed by atoms with van der Waals surface area (Å²) in [6.07, 6.45) is -1.87. The van der Waals surface area contributed by atoms with Gasteiger partial charge in [-0.25, -0.2) is 26.9 Å². The standard InChI is InChI=1S/C26H32FN6O9PS/c1-4-39-24(35)18(12-13-44(3,37)38)32-43(36,42-17-8-6-5-7-9-17)40-14-20-22(34)25(2,27)26(15-28,41-20)21-11-10-19-23(29)30-16-31-33(19)21/h5-11,16,18,20,22,34H,4,12-14H2,1-3H3,(H,32,36)(H2,29,30,31)/t18-,20+,22+,25+,26-,43?/m0/s1. The van der Waals surface area contributed by atoms with Gasteiger partial charge in [-0.1, -0.05) is 18.2 Å². The minimum absolute atomic E-state index is 0.0422. The van der Waals surface area contributed by atoms with Crippen molar-refractivity contribution in [3.05, 3.63) is 54.5 Å². The quantitative estimate of drug-likeness (QED) is 0.177. The number of anilines is 1. The van der Waals surface area contributed by atoms with Crippen LogP contribution in [-0.4, -0.2) is 83.2 Å². The van der Waals surface area contributed by atoms with Gasteiger partial charge >= 0.3 is 13.7 Å². The number of alkyl halides is 1. The van der Waals surface area contributed by atoms with Gasteiger partial charge in [0, 0.05) is 6.26 Å². The largest absolute Gasteiger partial charge is 0.465 e. The van der Waals surface area contributed by atoms with E-state index in [1.807, 2.05) is 0 Å². The SMILES string of the molecule is CCOC(=O)[C@H](CCS(C)(=O)=O)NP(=O)(OC[C@H]1O[C@@](C#N)(c2ccc3c(N)ncnn23)[C@](C)(F)[C@@H]1O)Oc1ccccc1. The lowest BCUT2D eigenvalue weighted by Crippen LogP contribution is -2.48. The van der Waals surface area contributed by atoms with Gasteiger partial charge in [0.2, 0.25) is 5.60 Å². The van der Waals surface area contributed by atoms with Crippen LogP contribution in [0.5, 0.6) is 5.75 Å². The molecule has 3 aromatic rings. The van der Waals surface area contributed by atoms with E-state index in [-0.39, 0.29) is 35.8 Å². The zero-order chi connectivity index (χ0) is 32.3. The molecule has 44 heavy (non-hydrogen) atoms. The van der Waals surface area contributed by atoms with Crippen LogP contribution in [0.3, 0.4) is 0 Å². The highest BCUT2D eigenvalue weighted by molar-refractivity contribution is 7.90. The summed E-state index contributed by atoms with van der Waals surface area (Å²) in [4.78, 5) is 16.6. The number of carbonyl (C=O) groups is 1. The predicted molar refractivity (Wildman–Crippen MR) is 154 cm³/mol. The summed E-state index contributed by atoms with van der Waals surface area (Å²) >= 11 is 0. The van der Waals surface area contributed by atoms with Crippen LogP contribution < -0.4 is 15.3 Å². The Morgan fingerprint density at radius 2 is 2.05 bits per heavy atom. The molecule has 1 aromatic carbocycles. The number of nitrogens with one attached hydrogen (secondary N) is 1. The fourth-order valence-electron chi connectivity index (χ4n) is 4.69. The molecule has 0 aliphatic carbocycles. The van der Waals surface area contributed by atoms with Gasteiger partial charge in [0.25, 0.3) is 0 Å². The summed E-state index contributed by atoms with van der Waals surface area (Å²) in [6.45, 7) is 1.64. The molecule has 0 bridgehead atoms. The number of nitrogen functional groups attached to an aromatic ring is 1. The number of fused-ring (bicyclic) bond motifs is 1. The monoisotopic (exact) mass is 654 g/mol. The fraction of sp³-hybridized carbons (Fsp3) is 0.462. The molecular weight excluding hydrogens is 622 g/mol. The second kappa shape index (κ2) is 12.8. The van der Waals surface area contributed by atoms with Crippen molar-refractivity contribution in [1.82, 2.24) is 19.7 Å². The zero-order valence-electron chi connectivity index (χ0n) is 24.0. The summed E-state index contributed by atoms with van der Waals surface area (Å²) in [5.41, 5.74) is 0.849. The van der Waals surface area contributed by atoms with Crippen molar-refractivity contribution >= 4 is 34.9 Å². The lowest BCUT2D eigenvalue weighted by molar-refractivity contribution is -0.145. The Labute approximate surface area is 252 Å². The molecule has 1 fully saturated rings. The molecule has 1 unspecified atom stereocenters. The number of aliphatic hydroxyl groups excluding tert-OH is 1. The number of hydrogen-bond donors (Lipinski definition) is 3. The summed E-state index contributed by atoms with van der Waals surface area (Å²) in [5, 5.41) is 27.7. The van der Waals surface area contributed by atoms with Crippen molar-refractivity contribution in [3.63, 3.8) is 0 Å². The number of rotatable bonds is 13. The first-order valence-electron chi connectivity index (χ1n) is 13.3. The lowest BCUT2D eigenvalue weighted by atomic mass is 9.82. The van der Waals surface area contributed by atoms with Crippen LogP contribution in [0.25, 0.3) is 5.52 Å². The number of nitrogens with zero attached hydrogens (tertiary/aromatic N) is 4. The van der Waals surface area contributed by atoms with Gasteiger partial charge in [-0.3, -0.25) is 9.32 Å². The number of aliphatic hydroxyl groups is 1. The third-order valence-corrected chi connectivity index (χ3v) is 9.51. The molecule has 1 aliphatic heterocycles. The van der Waals surface area contributed by atoms with Crippen molar-refractivity contribution in [1.29, 1.82) is 5.26 Å². The van der Waals surface area contributed by atoms with Gasteiger partial charge < -0.3 is 24.8 Å². The second-order valence-electron chi connectivity index (χ2n) is 10.2. The predicted octanol–water partition coefficient (Wildman–Crippen LogP) is 1.68.